The van der Waals surface area contributed by atoms with Crippen LogP contribution in [0.4, 0.5) is 0 Å². The van der Waals surface area contributed by atoms with Crippen LogP contribution in [0, 0.1) is 0 Å². The lowest BCUT2D eigenvalue weighted by Gasteiger charge is -2.58. The fourth-order valence-corrected chi connectivity index (χ4v) is 11.2. The zero-order chi connectivity index (χ0) is 36.8. The average molecular weight is 709 g/mol. The monoisotopic (exact) mass is 708 g/mol. The second-order valence-electron chi connectivity index (χ2n) is 15.4. The summed E-state index contributed by atoms with van der Waals surface area (Å²) in [6.07, 6.45) is 0. The van der Waals surface area contributed by atoms with E-state index in [1.54, 1.807) is 0 Å². The quantitative estimate of drug-likeness (QED) is 0.171. The Hall–Kier alpha value is -7.02. The molecule has 2 spiro atoms. The molecular weight excluding hydrogens is 673 g/mol. The summed E-state index contributed by atoms with van der Waals surface area (Å²) in [7, 11) is 0. The molecule has 0 unspecified atom stereocenters. The van der Waals surface area contributed by atoms with Gasteiger partial charge in [-0.15, -0.1) is 0 Å². The molecule has 0 aromatic heterocycles. The van der Waals surface area contributed by atoms with Gasteiger partial charge in [0.15, 0.2) is 0 Å². The lowest BCUT2D eigenvalue weighted by Crippen LogP contribution is -2.54. The van der Waals surface area contributed by atoms with Gasteiger partial charge in [-0.25, -0.2) is 0 Å². The van der Waals surface area contributed by atoms with Crippen molar-refractivity contribution in [3.05, 3.63) is 274 Å². The number of rotatable bonds is 4. The Balaban J connectivity index is 1.43. The molecule has 0 aliphatic heterocycles. The highest BCUT2D eigenvalue weighted by Crippen LogP contribution is 2.78. The molecule has 0 radical (unpaired) electrons. The molecule has 0 saturated carbocycles. The topological polar surface area (TPSA) is 0 Å². The van der Waals surface area contributed by atoms with Gasteiger partial charge in [-0.2, -0.15) is 0 Å². The van der Waals surface area contributed by atoms with Gasteiger partial charge in [0.1, 0.15) is 0 Å². The minimum atomic E-state index is -0.670. The highest BCUT2D eigenvalue weighted by molar-refractivity contribution is 6.29. The number of hydrogen-bond acceptors (Lipinski definition) is 0. The molecule has 0 saturated heterocycles. The van der Waals surface area contributed by atoms with Crippen molar-refractivity contribution in [3.63, 3.8) is 0 Å². The molecule has 0 fully saturated rings. The van der Waals surface area contributed by atoms with Crippen molar-refractivity contribution in [1.82, 2.24) is 0 Å². The Morgan fingerprint density at radius 3 is 0.714 bits per heavy atom. The van der Waals surface area contributed by atoms with Crippen molar-refractivity contribution in [1.29, 1.82) is 0 Å². The molecule has 4 aliphatic rings. The smallest absolute Gasteiger partial charge is 0.0622 e. The molecule has 12 rings (SSSR count). The van der Waals surface area contributed by atoms with E-state index < -0.39 is 10.8 Å². The van der Waals surface area contributed by atoms with E-state index in [0.29, 0.717) is 0 Å². The minimum Gasteiger partial charge on any atom is -0.0622 e. The Morgan fingerprint density at radius 2 is 0.429 bits per heavy atom. The first kappa shape index (κ1) is 31.3. The molecule has 8 aromatic rings. The average Bonchev–Trinajstić information content (AvgIpc) is 3.73. The van der Waals surface area contributed by atoms with Crippen molar-refractivity contribution in [3.8, 4) is 22.3 Å². The van der Waals surface area contributed by atoms with E-state index in [9.17, 15) is 0 Å². The van der Waals surface area contributed by atoms with Crippen LogP contribution in [0.5, 0.6) is 0 Å². The number of allylic oxidation sites excluding steroid dienone is 6. The van der Waals surface area contributed by atoms with Crippen LogP contribution in [0.25, 0.3) is 44.5 Å². The Kier molecular flexibility index (Phi) is 6.57. The Labute approximate surface area is 328 Å². The molecule has 0 bridgehead atoms. The highest BCUT2D eigenvalue weighted by atomic mass is 14.7. The third-order valence-electron chi connectivity index (χ3n) is 13.0. The molecule has 0 heterocycles. The fourth-order valence-electron chi connectivity index (χ4n) is 11.2. The summed E-state index contributed by atoms with van der Waals surface area (Å²) < 4.78 is 0. The first-order valence-electron chi connectivity index (χ1n) is 19.7. The van der Waals surface area contributed by atoms with E-state index in [1.807, 2.05) is 0 Å². The van der Waals surface area contributed by atoms with E-state index in [2.05, 4.69) is 218 Å². The van der Waals surface area contributed by atoms with Gasteiger partial charge in [0.2, 0.25) is 0 Å². The maximum absolute atomic E-state index is 2.44. The highest BCUT2D eigenvalue weighted by Gasteiger charge is 2.69. The lowest BCUT2D eigenvalue weighted by molar-refractivity contribution is 0.488. The second-order valence-corrected chi connectivity index (χ2v) is 15.4. The zero-order valence-electron chi connectivity index (χ0n) is 30.8. The van der Waals surface area contributed by atoms with Crippen LogP contribution in [0.2, 0.25) is 0 Å². The lowest BCUT2D eigenvalue weighted by atomic mass is 9.41. The van der Waals surface area contributed by atoms with E-state index in [-0.39, 0.29) is 0 Å². The molecule has 0 amide bonds. The van der Waals surface area contributed by atoms with Crippen LogP contribution in [0.3, 0.4) is 0 Å². The van der Waals surface area contributed by atoms with Crippen LogP contribution in [0.15, 0.2) is 230 Å². The summed E-state index contributed by atoms with van der Waals surface area (Å²) in [5.74, 6) is 0. The number of hydrogen-bond donors (Lipinski definition) is 0. The van der Waals surface area contributed by atoms with Gasteiger partial charge in [0.05, 0.1) is 10.8 Å². The molecule has 56 heavy (non-hydrogen) atoms. The summed E-state index contributed by atoms with van der Waals surface area (Å²) >= 11 is 0. The van der Waals surface area contributed by atoms with E-state index in [4.69, 9.17) is 0 Å². The van der Waals surface area contributed by atoms with Crippen molar-refractivity contribution in [2.75, 3.05) is 0 Å². The van der Waals surface area contributed by atoms with Gasteiger partial charge < -0.3 is 0 Å². The summed E-state index contributed by atoms with van der Waals surface area (Å²) in [6, 6.07) is 82.2. The number of fused-ring (bicyclic) bond motifs is 12. The van der Waals surface area contributed by atoms with Crippen LogP contribution in [0.1, 0.15) is 44.5 Å². The SMILES string of the molecule is c1ccc(C2=C(c3ccccc3)C3=C(c4ccccc4)C4(c5ccccc5-c5ccccc54)C4(C(c5ccccc5)=C32)c2ccccc2-c2ccccc24)cc1. The van der Waals surface area contributed by atoms with Crippen molar-refractivity contribution in [2.45, 2.75) is 10.8 Å². The molecule has 260 valence electrons. The first-order valence-corrected chi connectivity index (χ1v) is 19.7. The summed E-state index contributed by atoms with van der Waals surface area (Å²) in [4.78, 5) is 0. The summed E-state index contributed by atoms with van der Waals surface area (Å²) in [5, 5.41) is 0. The predicted octanol–water partition coefficient (Wildman–Crippen LogP) is 13.5. The van der Waals surface area contributed by atoms with E-state index in [0.717, 1.165) is 0 Å². The van der Waals surface area contributed by atoms with Crippen LogP contribution >= 0.6 is 0 Å². The largest absolute Gasteiger partial charge is 0.0654 e. The first-order chi connectivity index (χ1) is 27.8. The van der Waals surface area contributed by atoms with Crippen LogP contribution < -0.4 is 0 Å². The van der Waals surface area contributed by atoms with Gasteiger partial charge in [-0.3, -0.25) is 0 Å². The maximum Gasteiger partial charge on any atom is 0.0654 e. The summed E-state index contributed by atoms with van der Waals surface area (Å²) in [5.41, 5.74) is 22.3. The zero-order valence-corrected chi connectivity index (χ0v) is 30.8. The van der Waals surface area contributed by atoms with Crippen molar-refractivity contribution in [2.24, 2.45) is 0 Å². The van der Waals surface area contributed by atoms with Crippen LogP contribution in [-0.2, 0) is 10.8 Å². The fraction of sp³-hybridized carbons (Fsp3) is 0.0357. The van der Waals surface area contributed by atoms with Gasteiger partial charge >= 0.3 is 0 Å². The van der Waals surface area contributed by atoms with Gasteiger partial charge in [0, 0.05) is 0 Å². The van der Waals surface area contributed by atoms with Gasteiger partial charge in [-0.05, 0) is 100 Å². The second kappa shape index (κ2) is 11.7. The van der Waals surface area contributed by atoms with Crippen LogP contribution in [-0.4, -0.2) is 0 Å². The molecule has 0 nitrogen and oxygen atoms in total. The van der Waals surface area contributed by atoms with Gasteiger partial charge in [0.25, 0.3) is 0 Å². The number of benzene rings is 8. The standard InChI is InChI=1S/C56H36/c1-5-21-37(22-6-1)49-50(38-23-7-2-8-24-38)52-51(49)53(39-25-9-3-10-26-39)55(45-33-17-13-29-41(45)42-30-14-18-34-46(42)55)56(54(52)40-27-11-4-12-28-40)47-35-19-15-31-43(47)44-32-16-20-36-48(44)56/h1-36H. The third kappa shape index (κ3) is 3.79. The van der Waals surface area contributed by atoms with Crippen molar-refractivity contribution < 1.29 is 0 Å². The van der Waals surface area contributed by atoms with E-state index >= 15 is 0 Å². The molecule has 0 atom stereocenters. The normalized spacial score (nSPS) is 16.3. The van der Waals surface area contributed by atoms with Crippen molar-refractivity contribution >= 4 is 22.3 Å². The summed E-state index contributed by atoms with van der Waals surface area (Å²) in [6.45, 7) is 0. The molecule has 0 N–H and O–H groups in total. The maximum atomic E-state index is 2.44. The van der Waals surface area contributed by atoms with Gasteiger partial charge in [-0.1, -0.05) is 218 Å². The molecule has 0 heteroatoms. The predicted molar refractivity (Wildman–Crippen MR) is 232 cm³/mol. The molecule has 4 aliphatic carbocycles. The van der Waals surface area contributed by atoms with E-state index in [1.165, 1.54) is 100 Å². The Morgan fingerprint density at radius 1 is 0.196 bits per heavy atom. The Bertz CT molecular complexity index is 2680. The molecular formula is C56H36. The minimum absolute atomic E-state index is 0.670. The third-order valence-corrected chi connectivity index (χ3v) is 13.0. The molecule has 8 aromatic carbocycles.